The third kappa shape index (κ3) is 1.39. The van der Waals surface area contributed by atoms with Gasteiger partial charge in [-0.3, -0.25) is 0 Å². The number of ether oxygens (including phenoxy) is 1. The summed E-state index contributed by atoms with van der Waals surface area (Å²) in [6.07, 6.45) is 4.12. The van der Waals surface area contributed by atoms with Crippen LogP contribution in [0.3, 0.4) is 0 Å². The lowest BCUT2D eigenvalue weighted by Gasteiger charge is -2.04. The SMILES string of the molecule is Clc1ncc(C2CCCO2)[nH]1. The molecule has 1 saturated heterocycles. The summed E-state index contributed by atoms with van der Waals surface area (Å²) in [6.45, 7) is 0.849. The number of aromatic nitrogens is 2. The Labute approximate surface area is 69.7 Å². The zero-order valence-electron chi connectivity index (χ0n) is 6.01. The maximum atomic E-state index is 5.62. The average molecular weight is 173 g/mol. The first kappa shape index (κ1) is 7.13. The molecule has 0 bridgehead atoms. The number of halogens is 1. The van der Waals surface area contributed by atoms with Gasteiger partial charge < -0.3 is 9.72 Å². The number of nitrogens with zero attached hydrogens (tertiary/aromatic N) is 1. The van der Waals surface area contributed by atoms with Gasteiger partial charge in [0.15, 0.2) is 5.28 Å². The molecule has 60 valence electrons. The van der Waals surface area contributed by atoms with E-state index in [2.05, 4.69) is 9.97 Å². The lowest BCUT2D eigenvalue weighted by Crippen LogP contribution is -1.94. The van der Waals surface area contributed by atoms with E-state index in [0.717, 1.165) is 25.1 Å². The van der Waals surface area contributed by atoms with E-state index in [1.807, 2.05) is 0 Å². The van der Waals surface area contributed by atoms with Crippen molar-refractivity contribution in [3.05, 3.63) is 17.2 Å². The van der Waals surface area contributed by atoms with E-state index in [-0.39, 0.29) is 6.10 Å². The van der Waals surface area contributed by atoms with Crippen molar-refractivity contribution in [1.29, 1.82) is 0 Å². The van der Waals surface area contributed by atoms with Crippen LogP contribution < -0.4 is 0 Å². The Bertz CT molecular complexity index is 242. The number of aromatic amines is 1. The molecule has 0 saturated carbocycles. The lowest BCUT2D eigenvalue weighted by molar-refractivity contribution is 0.109. The Morgan fingerprint density at radius 3 is 3.18 bits per heavy atom. The van der Waals surface area contributed by atoms with Crippen LogP contribution in [0.15, 0.2) is 6.20 Å². The van der Waals surface area contributed by atoms with E-state index < -0.39 is 0 Å². The Morgan fingerprint density at radius 1 is 1.73 bits per heavy atom. The summed E-state index contributed by atoms with van der Waals surface area (Å²) in [6, 6.07) is 0. The third-order valence-electron chi connectivity index (χ3n) is 1.84. The molecule has 0 aromatic carbocycles. The minimum Gasteiger partial charge on any atom is -0.372 e. The van der Waals surface area contributed by atoms with Gasteiger partial charge in [-0.25, -0.2) is 4.98 Å². The van der Waals surface area contributed by atoms with Gasteiger partial charge in [-0.1, -0.05) is 0 Å². The van der Waals surface area contributed by atoms with Gasteiger partial charge in [0.2, 0.25) is 0 Å². The second-order valence-electron chi connectivity index (χ2n) is 2.63. The van der Waals surface area contributed by atoms with Gasteiger partial charge in [-0.15, -0.1) is 0 Å². The molecule has 1 fully saturated rings. The highest BCUT2D eigenvalue weighted by atomic mass is 35.5. The molecule has 1 aliphatic heterocycles. The molecule has 1 unspecified atom stereocenters. The highest BCUT2D eigenvalue weighted by Gasteiger charge is 2.19. The number of hydrogen-bond acceptors (Lipinski definition) is 2. The van der Waals surface area contributed by atoms with Gasteiger partial charge in [-0.05, 0) is 24.4 Å². The van der Waals surface area contributed by atoms with Crippen LogP contribution in [0, 0.1) is 0 Å². The first-order chi connectivity index (χ1) is 5.36. The number of nitrogens with one attached hydrogen (secondary N) is 1. The molecule has 0 spiro atoms. The molecule has 1 N–H and O–H groups in total. The van der Waals surface area contributed by atoms with Crippen molar-refractivity contribution in [2.24, 2.45) is 0 Å². The second-order valence-corrected chi connectivity index (χ2v) is 2.99. The second kappa shape index (κ2) is 2.83. The largest absolute Gasteiger partial charge is 0.372 e. The van der Waals surface area contributed by atoms with E-state index in [1.165, 1.54) is 0 Å². The van der Waals surface area contributed by atoms with Crippen molar-refractivity contribution in [2.45, 2.75) is 18.9 Å². The number of rotatable bonds is 1. The quantitative estimate of drug-likeness (QED) is 0.703. The smallest absolute Gasteiger partial charge is 0.200 e. The molecule has 1 aromatic rings. The molecule has 0 aliphatic carbocycles. The first-order valence-corrected chi connectivity index (χ1v) is 4.06. The van der Waals surface area contributed by atoms with Crippen molar-refractivity contribution in [3.8, 4) is 0 Å². The van der Waals surface area contributed by atoms with E-state index in [9.17, 15) is 0 Å². The Morgan fingerprint density at radius 2 is 2.64 bits per heavy atom. The molecule has 2 heterocycles. The Kier molecular flexibility index (Phi) is 1.84. The fourth-order valence-electron chi connectivity index (χ4n) is 1.30. The zero-order chi connectivity index (χ0) is 7.68. The van der Waals surface area contributed by atoms with Crippen LogP contribution in [0.5, 0.6) is 0 Å². The molecular formula is C7H9ClN2O. The van der Waals surface area contributed by atoms with Gasteiger partial charge in [0.1, 0.15) is 0 Å². The summed E-state index contributed by atoms with van der Waals surface area (Å²) in [4.78, 5) is 6.84. The van der Waals surface area contributed by atoms with Crippen LogP contribution in [0.2, 0.25) is 5.28 Å². The Balaban J connectivity index is 2.15. The van der Waals surface area contributed by atoms with Gasteiger partial charge in [0.05, 0.1) is 18.0 Å². The van der Waals surface area contributed by atoms with Crippen molar-refractivity contribution < 1.29 is 4.74 Å². The van der Waals surface area contributed by atoms with Gasteiger partial charge >= 0.3 is 0 Å². The van der Waals surface area contributed by atoms with E-state index >= 15 is 0 Å². The molecule has 11 heavy (non-hydrogen) atoms. The van der Waals surface area contributed by atoms with E-state index in [4.69, 9.17) is 16.3 Å². The van der Waals surface area contributed by atoms with Gasteiger partial charge in [-0.2, -0.15) is 0 Å². The highest BCUT2D eigenvalue weighted by molar-refractivity contribution is 6.28. The average Bonchev–Trinajstić information content (AvgIpc) is 2.55. The number of H-pyrrole nitrogens is 1. The fourth-order valence-corrected chi connectivity index (χ4v) is 1.45. The van der Waals surface area contributed by atoms with Crippen LogP contribution in [0.25, 0.3) is 0 Å². The summed E-state index contributed by atoms with van der Waals surface area (Å²) in [7, 11) is 0. The minimum atomic E-state index is 0.190. The summed E-state index contributed by atoms with van der Waals surface area (Å²) in [5, 5.41) is 0.440. The van der Waals surface area contributed by atoms with E-state index in [1.54, 1.807) is 6.20 Å². The summed E-state index contributed by atoms with van der Waals surface area (Å²) < 4.78 is 5.42. The van der Waals surface area contributed by atoms with Crippen LogP contribution in [-0.4, -0.2) is 16.6 Å². The Hall–Kier alpha value is -0.540. The molecule has 1 atom stereocenters. The number of hydrogen-bond donors (Lipinski definition) is 1. The molecule has 4 heteroatoms. The van der Waals surface area contributed by atoms with Crippen LogP contribution >= 0.6 is 11.6 Å². The summed E-state index contributed by atoms with van der Waals surface area (Å²) >= 11 is 5.62. The van der Waals surface area contributed by atoms with Gasteiger partial charge in [0, 0.05) is 6.61 Å². The summed E-state index contributed by atoms with van der Waals surface area (Å²) in [5.41, 5.74) is 0.993. The van der Waals surface area contributed by atoms with Gasteiger partial charge in [0.25, 0.3) is 0 Å². The normalized spacial score (nSPS) is 24.3. The van der Waals surface area contributed by atoms with Crippen molar-refractivity contribution >= 4 is 11.6 Å². The standard InChI is InChI=1S/C7H9ClN2O/c8-7-9-4-5(10-7)6-2-1-3-11-6/h4,6H,1-3H2,(H,9,10). The van der Waals surface area contributed by atoms with Crippen LogP contribution in [0.4, 0.5) is 0 Å². The first-order valence-electron chi connectivity index (χ1n) is 3.68. The molecular weight excluding hydrogens is 164 g/mol. The number of imidazole rings is 1. The molecule has 1 aliphatic rings. The minimum absolute atomic E-state index is 0.190. The molecule has 0 radical (unpaired) electrons. The predicted molar refractivity (Wildman–Crippen MR) is 41.5 cm³/mol. The van der Waals surface area contributed by atoms with Crippen LogP contribution in [-0.2, 0) is 4.74 Å². The van der Waals surface area contributed by atoms with E-state index in [0.29, 0.717) is 5.28 Å². The van der Waals surface area contributed by atoms with Crippen molar-refractivity contribution in [3.63, 3.8) is 0 Å². The van der Waals surface area contributed by atoms with Crippen LogP contribution in [0.1, 0.15) is 24.6 Å². The zero-order valence-corrected chi connectivity index (χ0v) is 6.77. The van der Waals surface area contributed by atoms with Crippen molar-refractivity contribution in [2.75, 3.05) is 6.61 Å². The maximum absolute atomic E-state index is 5.62. The molecule has 0 amide bonds. The third-order valence-corrected chi connectivity index (χ3v) is 2.03. The highest BCUT2D eigenvalue weighted by Crippen LogP contribution is 2.27. The monoisotopic (exact) mass is 172 g/mol. The molecule has 3 nitrogen and oxygen atoms in total. The van der Waals surface area contributed by atoms with Crippen molar-refractivity contribution in [1.82, 2.24) is 9.97 Å². The lowest BCUT2D eigenvalue weighted by atomic mass is 10.2. The molecule has 2 rings (SSSR count). The summed E-state index contributed by atoms with van der Waals surface area (Å²) in [5.74, 6) is 0. The molecule has 1 aromatic heterocycles. The fraction of sp³-hybridized carbons (Fsp3) is 0.571. The predicted octanol–water partition coefficient (Wildman–Crippen LogP) is 1.91. The topological polar surface area (TPSA) is 37.9 Å². The maximum Gasteiger partial charge on any atom is 0.200 e.